The minimum absolute atomic E-state index is 0.102. The Bertz CT molecular complexity index is 1120. The summed E-state index contributed by atoms with van der Waals surface area (Å²) in [7, 11) is 0. The van der Waals surface area contributed by atoms with Crippen molar-refractivity contribution in [3.63, 3.8) is 0 Å². The van der Waals surface area contributed by atoms with Gasteiger partial charge < -0.3 is 9.84 Å². The number of rotatable bonds is 7. The number of ether oxygens (including phenoxy) is 1. The van der Waals surface area contributed by atoms with Crippen molar-refractivity contribution in [1.82, 2.24) is 4.98 Å². The van der Waals surface area contributed by atoms with E-state index < -0.39 is 5.97 Å². The third-order valence-electron chi connectivity index (χ3n) is 3.45. The van der Waals surface area contributed by atoms with Crippen LogP contribution in [0.3, 0.4) is 0 Å². The molecule has 0 amide bonds. The molecular formula is C19H15Cl2N5O3S. The lowest BCUT2D eigenvalue weighted by Gasteiger charge is -2.05. The molecule has 1 heterocycles. The summed E-state index contributed by atoms with van der Waals surface area (Å²) in [5.74, 6) is -1.10. The van der Waals surface area contributed by atoms with E-state index in [0.29, 0.717) is 21.4 Å². The van der Waals surface area contributed by atoms with Gasteiger partial charge in [0, 0.05) is 10.0 Å². The van der Waals surface area contributed by atoms with Crippen LogP contribution in [-0.2, 0) is 9.53 Å². The first-order chi connectivity index (χ1) is 14.5. The van der Waals surface area contributed by atoms with Crippen molar-refractivity contribution in [2.45, 2.75) is 6.92 Å². The molecule has 11 heteroatoms. The van der Waals surface area contributed by atoms with E-state index in [2.05, 4.69) is 25.7 Å². The van der Waals surface area contributed by atoms with Crippen LogP contribution in [0.15, 0.2) is 63.9 Å². The third kappa shape index (κ3) is 5.76. The van der Waals surface area contributed by atoms with Gasteiger partial charge in [0.1, 0.15) is 0 Å². The number of nitrogens with one attached hydrogen (secondary N) is 1. The first-order valence-electron chi connectivity index (χ1n) is 8.60. The number of carbonyl (C=O) groups is 1. The van der Waals surface area contributed by atoms with Crippen LogP contribution in [-0.4, -0.2) is 28.4 Å². The number of nitrogens with zero attached hydrogens (tertiary/aromatic N) is 4. The first kappa shape index (κ1) is 21.7. The van der Waals surface area contributed by atoms with Crippen LogP contribution < -0.4 is 5.43 Å². The zero-order chi connectivity index (χ0) is 21.5. The molecule has 0 fully saturated rings. The Hall–Kier alpha value is -3.01. The molecule has 0 saturated heterocycles. The van der Waals surface area contributed by atoms with Gasteiger partial charge >= 0.3 is 5.97 Å². The van der Waals surface area contributed by atoms with E-state index in [9.17, 15) is 9.90 Å². The zero-order valence-corrected chi connectivity index (χ0v) is 17.9. The predicted molar refractivity (Wildman–Crippen MR) is 118 cm³/mol. The van der Waals surface area contributed by atoms with Gasteiger partial charge in [0.25, 0.3) is 5.88 Å². The fraction of sp³-hybridized carbons (Fsp3) is 0.105. The quantitative estimate of drug-likeness (QED) is 0.194. The molecule has 154 valence electrons. The Labute approximate surface area is 185 Å². The van der Waals surface area contributed by atoms with Crippen molar-refractivity contribution < 1.29 is 14.6 Å². The van der Waals surface area contributed by atoms with Crippen molar-refractivity contribution in [3.05, 3.63) is 63.6 Å². The first-order valence-corrected chi connectivity index (χ1v) is 10.2. The van der Waals surface area contributed by atoms with Crippen molar-refractivity contribution in [3.8, 4) is 5.88 Å². The van der Waals surface area contributed by atoms with Gasteiger partial charge in [-0.2, -0.15) is 10.1 Å². The van der Waals surface area contributed by atoms with Gasteiger partial charge in [-0.05, 0) is 43.3 Å². The summed E-state index contributed by atoms with van der Waals surface area (Å²) in [5.41, 5.74) is 3.67. The van der Waals surface area contributed by atoms with Crippen LogP contribution in [0.1, 0.15) is 11.9 Å². The van der Waals surface area contributed by atoms with Crippen molar-refractivity contribution >= 4 is 62.6 Å². The molecule has 0 atom stereocenters. The predicted octanol–water partition coefficient (Wildman–Crippen LogP) is 5.95. The average molecular weight is 464 g/mol. The van der Waals surface area contributed by atoms with Gasteiger partial charge in [-0.15, -0.1) is 10.2 Å². The summed E-state index contributed by atoms with van der Waals surface area (Å²) in [5, 5.41) is 23.4. The van der Waals surface area contributed by atoms with Gasteiger partial charge in [-0.1, -0.05) is 46.7 Å². The van der Waals surface area contributed by atoms with E-state index in [0.717, 1.165) is 11.3 Å². The Morgan fingerprint density at radius 3 is 2.60 bits per heavy atom. The van der Waals surface area contributed by atoms with Gasteiger partial charge in [0.2, 0.25) is 10.7 Å². The Morgan fingerprint density at radius 2 is 1.90 bits per heavy atom. The molecule has 30 heavy (non-hydrogen) atoms. The molecule has 3 aromatic rings. The molecule has 0 aliphatic rings. The van der Waals surface area contributed by atoms with Crippen molar-refractivity contribution in [2.75, 3.05) is 12.0 Å². The van der Waals surface area contributed by atoms with Crippen LogP contribution in [0, 0.1) is 0 Å². The zero-order valence-electron chi connectivity index (χ0n) is 15.5. The number of aromatic hydroxyl groups is 1. The SMILES string of the molecule is CCOC(=O)/C(=N/Nc1cccc(Cl)c1)c1nc(O)c(N=Nc2cccc(Cl)c2)s1. The maximum Gasteiger partial charge on any atom is 0.361 e. The number of azo groups is 1. The lowest BCUT2D eigenvalue weighted by atomic mass is 10.3. The van der Waals surface area contributed by atoms with Crippen LogP contribution in [0.25, 0.3) is 0 Å². The number of esters is 1. The lowest BCUT2D eigenvalue weighted by Crippen LogP contribution is -2.20. The number of hydrogen-bond acceptors (Lipinski definition) is 9. The second kappa shape index (κ2) is 10.1. The monoisotopic (exact) mass is 463 g/mol. The molecule has 0 aliphatic carbocycles. The topological polar surface area (TPSA) is 109 Å². The Kier molecular flexibility index (Phi) is 7.34. The van der Waals surface area contributed by atoms with Crippen molar-refractivity contribution in [2.24, 2.45) is 15.3 Å². The largest absolute Gasteiger partial charge is 0.491 e. The van der Waals surface area contributed by atoms with Gasteiger partial charge in [0.05, 0.1) is 18.0 Å². The lowest BCUT2D eigenvalue weighted by molar-refractivity contribution is -0.134. The van der Waals surface area contributed by atoms with E-state index in [1.54, 1.807) is 55.5 Å². The fourth-order valence-corrected chi connectivity index (χ4v) is 3.30. The maximum atomic E-state index is 12.4. The molecule has 2 N–H and O–H groups in total. The number of anilines is 1. The number of hydrogen-bond donors (Lipinski definition) is 2. The number of hydrazone groups is 1. The number of thiazole rings is 1. The normalized spacial score (nSPS) is 11.6. The molecule has 0 unspecified atom stereocenters. The van der Waals surface area contributed by atoms with E-state index in [-0.39, 0.29) is 28.2 Å². The molecule has 0 saturated carbocycles. The van der Waals surface area contributed by atoms with Crippen LogP contribution in [0.4, 0.5) is 16.4 Å². The molecule has 0 aliphatic heterocycles. The fourth-order valence-electron chi connectivity index (χ4n) is 2.17. The second-order valence-electron chi connectivity index (χ2n) is 5.63. The van der Waals surface area contributed by atoms with Crippen molar-refractivity contribution in [1.29, 1.82) is 0 Å². The standard InChI is InChI=1S/C19H15Cl2N5O3S/c1-2-29-19(28)15(25-23-13-7-3-5-11(20)9-13)17-22-16(27)18(30-17)26-24-14-8-4-6-12(21)10-14/h3-10,23,27H,2H2,1H3/b25-15+,26-24?. The smallest absolute Gasteiger partial charge is 0.361 e. The Balaban J connectivity index is 1.89. The molecule has 8 nitrogen and oxygen atoms in total. The van der Waals surface area contributed by atoms with Gasteiger partial charge in [-0.25, -0.2) is 4.79 Å². The van der Waals surface area contributed by atoms with Crippen LogP contribution in [0.2, 0.25) is 10.0 Å². The van der Waals surface area contributed by atoms with E-state index in [1.165, 1.54) is 0 Å². The Morgan fingerprint density at radius 1 is 1.17 bits per heavy atom. The number of benzene rings is 2. The summed E-state index contributed by atoms with van der Waals surface area (Å²) >= 11 is 12.8. The number of carbonyl (C=O) groups excluding carboxylic acids is 1. The molecule has 1 aromatic heterocycles. The molecule has 0 spiro atoms. The summed E-state index contributed by atoms with van der Waals surface area (Å²) < 4.78 is 5.04. The molecule has 0 radical (unpaired) electrons. The highest BCUT2D eigenvalue weighted by Gasteiger charge is 2.22. The minimum atomic E-state index is -0.709. The molecule has 0 bridgehead atoms. The highest BCUT2D eigenvalue weighted by atomic mass is 35.5. The minimum Gasteiger partial charge on any atom is -0.491 e. The van der Waals surface area contributed by atoms with Gasteiger partial charge in [-0.3, -0.25) is 5.43 Å². The highest BCUT2D eigenvalue weighted by Crippen LogP contribution is 2.35. The van der Waals surface area contributed by atoms with E-state index >= 15 is 0 Å². The summed E-state index contributed by atoms with van der Waals surface area (Å²) in [4.78, 5) is 16.3. The maximum absolute atomic E-state index is 12.4. The number of aromatic nitrogens is 1. The van der Waals surface area contributed by atoms with E-state index in [1.807, 2.05) is 0 Å². The second-order valence-corrected chi connectivity index (χ2v) is 7.48. The summed E-state index contributed by atoms with van der Waals surface area (Å²) in [6, 6.07) is 13.5. The third-order valence-corrected chi connectivity index (χ3v) is 4.86. The molecular weight excluding hydrogens is 449 g/mol. The number of halogens is 2. The summed E-state index contributed by atoms with van der Waals surface area (Å²) in [6.45, 7) is 1.82. The van der Waals surface area contributed by atoms with Gasteiger partial charge in [0.15, 0.2) is 5.01 Å². The molecule has 3 rings (SSSR count). The molecule has 2 aromatic carbocycles. The average Bonchev–Trinajstić information content (AvgIpc) is 3.07. The highest BCUT2D eigenvalue weighted by molar-refractivity contribution is 7.18. The van der Waals surface area contributed by atoms with Crippen LogP contribution >= 0.6 is 34.5 Å². The van der Waals surface area contributed by atoms with Crippen LogP contribution in [0.5, 0.6) is 5.88 Å². The summed E-state index contributed by atoms with van der Waals surface area (Å²) in [6.07, 6.45) is 0. The van der Waals surface area contributed by atoms with E-state index in [4.69, 9.17) is 27.9 Å².